The first-order valence-corrected chi connectivity index (χ1v) is 5.91. The summed E-state index contributed by atoms with van der Waals surface area (Å²) in [6, 6.07) is 5.43. The number of para-hydroxylation sites is 1. The van der Waals surface area contributed by atoms with Crippen molar-refractivity contribution >= 4 is 50.7 Å². The Bertz CT molecular complexity index is 344. The molecular formula is C9H8BrCl2NO. The Balaban J connectivity index is 2.98. The van der Waals surface area contributed by atoms with Crippen molar-refractivity contribution in [1.29, 1.82) is 0 Å². The molecule has 2 nitrogen and oxygen atoms in total. The molecule has 0 spiro atoms. The minimum atomic E-state index is -0.262. The highest BCUT2D eigenvalue weighted by molar-refractivity contribution is 9.08. The predicted octanol–water partition coefficient (Wildman–Crippen LogP) is 3.41. The maximum absolute atomic E-state index is 11.1. The number of carbonyl (C=O) groups excluding carboxylic acids is 1. The van der Waals surface area contributed by atoms with Gasteiger partial charge < -0.3 is 5.32 Å². The van der Waals surface area contributed by atoms with E-state index in [1.165, 1.54) is 0 Å². The molecule has 14 heavy (non-hydrogen) atoms. The van der Waals surface area contributed by atoms with Gasteiger partial charge in [-0.3, -0.25) is 4.79 Å². The first-order chi connectivity index (χ1) is 6.69. The highest BCUT2D eigenvalue weighted by Crippen LogP contribution is 2.27. The van der Waals surface area contributed by atoms with Crippen LogP contribution in [0.2, 0.25) is 5.02 Å². The molecule has 0 aliphatic heterocycles. The molecule has 0 bridgehead atoms. The Morgan fingerprint density at radius 1 is 1.50 bits per heavy atom. The van der Waals surface area contributed by atoms with Crippen molar-refractivity contribution in [3.63, 3.8) is 0 Å². The summed E-state index contributed by atoms with van der Waals surface area (Å²) in [5, 5.41) is 3.79. The van der Waals surface area contributed by atoms with Gasteiger partial charge in [-0.1, -0.05) is 39.7 Å². The number of hydrogen-bond acceptors (Lipinski definition) is 1. The lowest BCUT2D eigenvalue weighted by Crippen LogP contribution is -2.14. The Hall–Kier alpha value is -0.250. The summed E-state index contributed by atoms with van der Waals surface area (Å²) in [7, 11) is 0. The molecule has 1 amide bonds. The number of amides is 1. The molecule has 0 saturated heterocycles. The Labute approximate surface area is 101 Å². The summed E-state index contributed by atoms with van der Waals surface area (Å²) in [6.07, 6.45) is 0. The third-order valence-electron chi connectivity index (χ3n) is 1.63. The Kier molecular flexibility index (Phi) is 4.72. The van der Waals surface area contributed by atoms with E-state index >= 15 is 0 Å². The second kappa shape index (κ2) is 5.59. The maximum atomic E-state index is 11.1. The van der Waals surface area contributed by atoms with Gasteiger partial charge in [0.1, 0.15) is 5.88 Å². The summed E-state index contributed by atoms with van der Waals surface area (Å²) < 4.78 is 0. The largest absolute Gasteiger partial charge is 0.323 e. The lowest BCUT2D eigenvalue weighted by atomic mass is 10.2. The summed E-state index contributed by atoms with van der Waals surface area (Å²) in [4.78, 5) is 11.1. The van der Waals surface area contributed by atoms with Crippen LogP contribution in [0.3, 0.4) is 0 Å². The molecule has 0 aliphatic carbocycles. The number of benzene rings is 1. The number of alkyl halides is 2. The normalized spacial score (nSPS) is 9.93. The number of rotatable bonds is 3. The Morgan fingerprint density at radius 2 is 2.21 bits per heavy atom. The Morgan fingerprint density at radius 3 is 2.79 bits per heavy atom. The smallest absolute Gasteiger partial charge is 0.239 e. The molecule has 1 aromatic rings. The quantitative estimate of drug-likeness (QED) is 0.851. The van der Waals surface area contributed by atoms with E-state index in [0.717, 1.165) is 5.56 Å². The summed E-state index contributed by atoms with van der Waals surface area (Å²) >= 11 is 14.6. The van der Waals surface area contributed by atoms with Crippen LogP contribution >= 0.6 is 39.1 Å². The topological polar surface area (TPSA) is 29.1 Å². The van der Waals surface area contributed by atoms with Crippen LogP contribution in [-0.4, -0.2) is 11.8 Å². The van der Waals surface area contributed by atoms with Crippen LogP contribution in [0.25, 0.3) is 0 Å². The molecule has 1 N–H and O–H groups in total. The fraction of sp³-hybridized carbons (Fsp3) is 0.222. The van der Waals surface area contributed by atoms with Gasteiger partial charge in [-0.15, -0.1) is 11.6 Å². The molecule has 0 atom stereocenters. The molecule has 0 heterocycles. The molecule has 76 valence electrons. The van der Waals surface area contributed by atoms with E-state index in [1.807, 2.05) is 12.1 Å². The van der Waals surface area contributed by atoms with Crippen LogP contribution in [0.1, 0.15) is 5.56 Å². The summed E-state index contributed by atoms with van der Waals surface area (Å²) in [5.74, 6) is -0.339. The minimum absolute atomic E-state index is 0.0764. The van der Waals surface area contributed by atoms with Crippen molar-refractivity contribution in [3.8, 4) is 0 Å². The van der Waals surface area contributed by atoms with Gasteiger partial charge in [-0.05, 0) is 11.6 Å². The average molecular weight is 297 g/mol. The molecule has 0 radical (unpaired) electrons. The molecule has 1 aromatic carbocycles. The molecule has 0 aromatic heterocycles. The van der Waals surface area contributed by atoms with Gasteiger partial charge >= 0.3 is 0 Å². The standard InChI is InChI=1S/C9H8BrCl2NO/c10-4-6-2-1-3-7(12)9(6)13-8(14)5-11/h1-3H,4-5H2,(H,13,14). The third kappa shape index (κ3) is 2.87. The zero-order valence-electron chi connectivity index (χ0n) is 7.19. The van der Waals surface area contributed by atoms with E-state index in [4.69, 9.17) is 23.2 Å². The van der Waals surface area contributed by atoms with Gasteiger partial charge in [0, 0.05) is 5.33 Å². The number of anilines is 1. The molecule has 0 saturated carbocycles. The third-order valence-corrected chi connectivity index (χ3v) is 2.79. The van der Waals surface area contributed by atoms with Crippen LogP contribution in [0, 0.1) is 0 Å². The van der Waals surface area contributed by atoms with Crippen LogP contribution in [0.5, 0.6) is 0 Å². The van der Waals surface area contributed by atoms with Gasteiger partial charge in [0.05, 0.1) is 10.7 Å². The second-order valence-corrected chi connectivity index (χ2v) is 3.82. The zero-order chi connectivity index (χ0) is 10.6. The fourth-order valence-corrected chi connectivity index (χ4v) is 1.77. The van der Waals surface area contributed by atoms with Crippen molar-refractivity contribution in [2.24, 2.45) is 0 Å². The molecule has 0 fully saturated rings. The lowest BCUT2D eigenvalue weighted by Gasteiger charge is -2.09. The number of hydrogen-bond donors (Lipinski definition) is 1. The van der Waals surface area contributed by atoms with Crippen molar-refractivity contribution in [1.82, 2.24) is 0 Å². The molecule has 0 unspecified atom stereocenters. The molecule has 1 rings (SSSR count). The molecular weight excluding hydrogens is 289 g/mol. The highest BCUT2D eigenvalue weighted by Gasteiger charge is 2.08. The van der Waals surface area contributed by atoms with Crippen LogP contribution in [0.4, 0.5) is 5.69 Å². The van der Waals surface area contributed by atoms with Crippen LogP contribution in [0.15, 0.2) is 18.2 Å². The number of carbonyl (C=O) groups is 1. The minimum Gasteiger partial charge on any atom is -0.323 e. The highest BCUT2D eigenvalue weighted by atomic mass is 79.9. The van der Waals surface area contributed by atoms with E-state index in [2.05, 4.69) is 21.2 Å². The second-order valence-electron chi connectivity index (χ2n) is 2.59. The lowest BCUT2D eigenvalue weighted by molar-refractivity contribution is -0.113. The van der Waals surface area contributed by atoms with Crippen LogP contribution in [-0.2, 0) is 10.1 Å². The summed E-state index contributed by atoms with van der Waals surface area (Å²) in [5.41, 5.74) is 1.55. The van der Waals surface area contributed by atoms with E-state index < -0.39 is 0 Å². The monoisotopic (exact) mass is 295 g/mol. The van der Waals surface area contributed by atoms with Gasteiger partial charge in [-0.25, -0.2) is 0 Å². The SMILES string of the molecule is O=C(CCl)Nc1c(Cl)cccc1CBr. The molecule has 0 aliphatic rings. The van der Waals surface area contributed by atoms with Crippen molar-refractivity contribution < 1.29 is 4.79 Å². The zero-order valence-corrected chi connectivity index (χ0v) is 10.3. The van der Waals surface area contributed by atoms with Crippen LogP contribution < -0.4 is 5.32 Å². The van der Waals surface area contributed by atoms with Crippen molar-refractivity contribution in [3.05, 3.63) is 28.8 Å². The summed E-state index contributed by atoms with van der Waals surface area (Å²) in [6.45, 7) is 0. The van der Waals surface area contributed by atoms with Gasteiger partial charge in [0.15, 0.2) is 0 Å². The average Bonchev–Trinajstić information content (AvgIpc) is 2.20. The van der Waals surface area contributed by atoms with Gasteiger partial charge in [0.25, 0.3) is 0 Å². The van der Waals surface area contributed by atoms with Gasteiger partial charge in [0.2, 0.25) is 5.91 Å². The van der Waals surface area contributed by atoms with E-state index in [0.29, 0.717) is 16.0 Å². The van der Waals surface area contributed by atoms with Crippen molar-refractivity contribution in [2.45, 2.75) is 5.33 Å². The van der Waals surface area contributed by atoms with E-state index in [9.17, 15) is 4.79 Å². The number of nitrogens with one attached hydrogen (secondary N) is 1. The van der Waals surface area contributed by atoms with E-state index in [-0.39, 0.29) is 11.8 Å². The fourth-order valence-electron chi connectivity index (χ4n) is 0.993. The van der Waals surface area contributed by atoms with Crippen molar-refractivity contribution in [2.75, 3.05) is 11.2 Å². The first-order valence-electron chi connectivity index (χ1n) is 3.88. The number of halogens is 3. The van der Waals surface area contributed by atoms with E-state index in [1.54, 1.807) is 6.07 Å². The first kappa shape index (κ1) is 11.8. The maximum Gasteiger partial charge on any atom is 0.239 e. The van der Waals surface area contributed by atoms with Gasteiger partial charge in [-0.2, -0.15) is 0 Å². The predicted molar refractivity (Wildman–Crippen MR) is 63.4 cm³/mol. The molecule has 5 heteroatoms.